The standard InChI is InChI=1S/C13H18F3NOS.ClH/c14-13(15,16)10-4-6-12(7-5-10)18-8-2-1-3-11(17)9-19;/h4-7,11,19H,1-3,8-9,17H2;1H/t11-;/m1./s1. The largest absolute Gasteiger partial charge is 0.494 e. The molecule has 1 aromatic carbocycles. The highest BCUT2D eigenvalue weighted by Gasteiger charge is 2.29. The van der Waals surface area contributed by atoms with Crippen LogP contribution >= 0.6 is 25.0 Å². The highest BCUT2D eigenvalue weighted by atomic mass is 35.5. The summed E-state index contributed by atoms with van der Waals surface area (Å²) in [5, 5.41) is 0. The van der Waals surface area contributed by atoms with Gasteiger partial charge in [-0.15, -0.1) is 12.4 Å². The summed E-state index contributed by atoms with van der Waals surface area (Å²) >= 11 is 4.08. The first-order valence-corrected chi connectivity index (χ1v) is 6.73. The summed E-state index contributed by atoms with van der Waals surface area (Å²) in [7, 11) is 0. The Kier molecular flexibility index (Phi) is 9.09. The third-order valence-corrected chi connectivity index (χ3v) is 3.12. The predicted octanol–water partition coefficient (Wildman–Crippen LogP) is 3.93. The molecule has 0 aromatic heterocycles. The molecule has 1 atom stereocenters. The molecule has 116 valence electrons. The number of ether oxygens (including phenoxy) is 1. The maximum atomic E-state index is 12.3. The van der Waals surface area contributed by atoms with E-state index in [9.17, 15) is 13.2 Å². The number of halogens is 4. The van der Waals surface area contributed by atoms with E-state index >= 15 is 0 Å². The molecule has 0 unspecified atom stereocenters. The van der Waals surface area contributed by atoms with Gasteiger partial charge in [0.1, 0.15) is 5.75 Å². The topological polar surface area (TPSA) is 35.2 Å². The number of thiol groups is 1. The number of benzene rings is 1. The molecule has 20 heavy (non-hydrogen) atoms. The molecule has 2 nitrogen and oxygen atoms in total. The molecule has 0 aliphatic rings. The van der Waals surface area contributed by atoms with Crippen molar-refractivity contribution >= 4 is 25.0 Å². The SMILES string of the molecule is Cl.N[C@@H](CS)CCCCOc1ccc(C(F)(F)F)cc1. The van der Waals surface area contributed by atoms with Gasteiger partial charge >= 0.3 is 6.18 Å². The second kappa shape index (κ2) is 9.37. The van der Waals surface area contributed by atoms with Crippen molar-refractivity contribution in [2.45, 2.75) is 31.5 Å². The Balaban J connectivity index is 0.00000361. The normalized spacial score (nSPS) is 12.7. The van der Waals surface area contributed by atoms with Crippen LogP contribution in [0.15, 0.2) is 24.3 Å². The summed E-state index contributed by atoms with van der Waals surface area (Å²) in [6.07, 6.45) is -1.69. The molecular formula is C13H19ClF3NOS. The van der Waals surface area contributed by atoms with Crippen molar-refractivity contribution in [1.82, 2.24) is 0 Å². The molecule has 0 aliphatic carbocycles. The quantitative estimate of drug-likeness (QED) is 0.587. The predicted molar refractivity (Wildman–Crippen MR) is 79.9 cm³/mol. The van der Waals surface area contributed by atoms with E-state index in [0.717, 1.165) is 31.4 Å². The van der Waals surface area contributed by atoms with E-state index in [0.29, 0.717) is 18.1 Å². The first-order chi connectivity index (χ1) is 8.93. The Bertz CT molecular complexity index is 373. The first-order valence-electron chi connectivity index (χ1n) is 6.10. The Morgan fingerprint density at radius 3 is 2.25 bits per heavy atom. The molecule has 0 fully saturated rings. The minimum atomic E-state index is -4.30. The van der Waals surface area contributed by atoms with Crippen LogP contribution in [0.4, 0.5) is 13.2 Å². The summed E-state index contributed by atoms with van der Waals surface area (Å²) < 4.78 is 42.3. The summed E-state index contributed by atoms with van der Waals surface area (Å²) in [6.45, 7) is 0.477. The highest BCUT2D eigenvalue weighted by Crippen LogP contribution is 2.30. The number of hydrogen-bond donors (Lipinski definition) is 2. The van der Waals surface area contributed by atoms with Crippen molar-refractivity contribution in [3.8, 4) is 5.75 Å². The molecule has 7 heteroatoms. The Hall–Kier alpha value is -0.590. The van der Waals surface area contributed by atoms with E-state index in [1.165, 1.54) is 12.1 Å². The Morgan fingerprint density at radius 2 is 1.75 bits per heavy atom. The fourth-order valence-corrected chi connectivity index (χ4v) is 1.71. The summed E-state index contributed by atoms with van der Waals surface area (Å²) in [5.41, 5.74) is 5.03. The Morgan fingerprint density at radius 1 is 1.15 bits per heavy atom. The van der Waals surface area contributed by atoms with Gasteiger partial charge in [0.2, 0.25) is 0 Å². The van der Waals surface area contributed by atoms with Crippen molar-refractivity contribution in [2.24, 2.45) is 5.73 Å². The zero-order chi connectivity index (χ0) is 14.3. The fraction of sp³-hybridized carbons (Fsp3) is 0.538. The van der Waals surface area contributed by atoms with Crippen LogP contribution in [-0.4, -0.2) is 18.4 Å². The molecule has 0 aliphatic heterocycles. The molecule has 2 N–H and O–H groups in total. The lowest BCUT2D eigenvalue weighted by molar-refractivity contribution is -0.137. The van der Waals surface area contributed by atoms with E-state index < -0.39 is 11.7 Å². The minimum Gasteiger partial charge on any atom is -0.494 e. The van der Waals surface area contributed by atoms with Gasteiger partial charge in [0.05, 0.1) is 12.2 Å². The molecular weight excluding hydrogens is 311 g/mol. The third kappa shape index (κ3) is 7.26. The molecule has 1 rings (SSSR count). The third-order valence-electron chi connectivity index (χ3n) is 2.65. The van der Waals surface area contributed by atoms with Crippen molar-refractivity contribution in [3.63, 3.8) is 0 Å². The highest BCUT2D eigenvalue weighted by molar-refractivity contribution is 7.80. The van der Waals surface area contributed by atoms with Gasteiger partial charge in [-0.05, 0) is 43.5 Å². The number of nitrogens with two attached hydrogens (primary N) is 1. The number of alkyl halides is 3. The van der Waals surface area contributed by atoms with E-state index in [1.54, 1.807) is 0 Å². The number of hydrogen-bond acceptors (Lipinski definition) is 3. The second-order valence-corrected chi connectivity index (χ2v) is 4.67. The van der Waals surface area contributed by atoms with Crippen LogP contribution in [-0.2, 0) is 6.18 Å². The average molecular weight is 330 g/mol. The average Bonchev–Trinajstić information content (AvgIpc) is 2.37. The maximum Gasteiger partial charge on any atom is 0.416 e. The number of rotatable bonds is 7. The lowest BCUT2D eigenvalue weighted by atomic mass is 10.1. The van der Waals surface area contributed by atoms with Crippen LogP contribution in [0.25, 0.3) is 0 Å². The van der Waals surface area contributed by atoms with E-state index in [4.69, 9.17) is 10.5 Å². The second-order valence-electron chi connectivity index (χ2n) is 4.31. The summed E-state index contributed by atoms with van der Waals surface area (Å²) in [6, 6.07) is 4.80. The zero-order valence-electron chi connectivity index (χ0n) is 10.9. The molecule has 0 amide bonds. The van der Waals surface area contributed by atoms with Gasteiger partial charge < -0.3 is 10.5 Å². The van der Waals surface area contributed by atoms with Gasteiger partial charge in [0.15, 0.2) is 0 Å². The molecule has 0 bridgehead atoms. The summed E-state index contributed by atoms with van der Waals surface area (Å²) in [5.74, 6) is 1.10. The number of unbranched alkanes of at least 4 members (excludes halogenated alkanes) is 1. The van der Waals surface area contributed by atoms with Crippen LogP contribution < -0.4 is 10.5 Å². The van der Waals surface area contributed by atoms with Crippen molar-refractivity contribution in [1.29, 1.82) is 0 Å². The molecule has 0 saturated carbocycles. The van der Waals surface area contributed by atoms with Gasteiger partial charge in [0, 0.05) is 11.8 Å². The molecule has 0 radical (unpaired) electrons. The van der Waals surface area contributed by atoms with Crippen molar-refractivity contribution in [2.75, 3.05) is 12.4 Å². The summed E-state index contributed by atoms with van der Waals surface area (Å²) in [4.78, 5) is 0. The van der Waals surface area contributed by atoms with Gasteiger partial charge in [-0.25, -0.2) is 0 Å². The van der Waals surface area contributed by atoms with Gasteiger partial charge in [-0.2, -0.15) is 25.8 Å². The zero-order valence-corrected chi connectivity index (χ0v) is 12.6. The van der Waals surface area contributed by atoms with Gasteiger partial charge in [0.25, 0.3) is 0 Å². The van der Waals surface area contributed by atoms with Gasteiger partial charge in [-0.3, -0.25) is 0 Å². The monoisotopic (exact) mass is 329 g/mol. The van der Waals surface area contributed by atoms with Crippen LogP contribution in [0.2, 0.25) is 0 Å². The molecule has 1 aromatic rings. The van der Waals surface area contributed by atoms with E-state index in [1.807, 2.05) is 0 Å². The van der Waals surface area contributed by atoms with Crippen molar-refractivity contribution in [3.05, 3.63) is 29.8 Å². The van der Waals surface area contributed by atoms with E-state index in [2.05, 4.69) is 12.6 Å². The van der Waals surface area contributed by atoms with Gasteiger partial charge in [-0.1, -0.05) is 0 Å². The lowest BCUT2D eigenvalue weighted by Crippen LogP contribution is -2.21. The van der Waals surface area contributed by atoms with Crippen LogP contribution in [0, 0.1) is 0 Å². The maximum absolute atomic E-state index is 12.3. The molecule has 0 saturated heterocycles. The molecule has 0 spiro atoms. The van der Waals surface area contributed by atoms with Crippen molar-refractivity contribution < 1.29 is 17.9 Å². The Labute approximate surface area is 128 Å². The van der Waals surface area contributed by atoms with Crippen LogP contribution in [0.3, 0.4) is 0 Å². The van der Waals surface area contributed by atoms with Crippen LogP contribution in [0.5, 0.6) is 5.75 Å². The minimum absolute atomic E-state index is 0. The van der Waals surface area contributed by atoms with E-state index in [-0.39, 0.29) is 18.4 Å². The smallest absolute Gasteiger partial charge is 0.416 e. The van der Waals surface area contributed by atoms with Crippen LogP contribution in [0.1, 0.15) is 24.8 Å². The molecule has 0 heterocycles. The lowest BCUT2D eigenvalue weighted by Gasteiger charge is -2.10. The fourth-order valence-electron chi connectivity index (χ4n) is 1.53. The first kappa shape index (κ1) is 19.4.